The van der Waals surface area contributed by atoms with Gasteiger partial charge in [0.05, 0.1) is 5.02 Å². The fourth-order valence-electron chi connectivity index (χ4n) is 1.63. The van der Waals surface area contributed by atoms with E-state index in [2.05, 4.69) is 5.32 Å². The van der Waals surface area contributed by atoms with E-state index in [1.54, 1.807) is 0 Å². The topological polar surface area (TPSA) is 41.5 Å². The molecular weight excluding hydrogens is 214 g/mol. The number of aliphatic hydroxyl groups excluding tert-OH is 1. The molecule has 1 heterocycles. The van der Waals surface area contributed by atoms with E-state index in [0.29, 0.717) is 23.9 Å². The third-order valence-corrected chi connectivity index (χ3v) is 2.79. The zero-order valence-electron chi connectivity index (χ0n) is 8.53. The molecule has 2 N–H and O–H groups in total. The molecule has 1 aliphatic heterocycles. The van der Waals surface area contributed by atoms with Gasteiger partial charge in [0.2, 0.25) is 0 Å². The van der Waals surface area contributed by atoms with Gasteiger partial charge in [-0.15, -0.1) is 0 Å². The Morgan fingerprint density at radius 3 is 2.87 bits per heavy atom. The minimum absolute atomic E-state index is 0.204. The molecule has 0 saturated carbocycles. The molecule has 2 atom stereocenters. The third kappa shape index (κ3) is 2.43. The Kier molecular flexibility index (Phi) is 3.14. The van der Waals surface area contributed by atoms with Crippen LogP contribution in [0.3, 0.4) is 0 Å². The van der Waals surface area contributed by atoms with Crippen molar-refractivity contribution in [1.29, 1.82) is 0 Å². The fourth-order valence-corrected chi connectivity index (χ4v) is 1.91. The summed E-state index contributed by atoms with van der Waals surface area (Å²) in [7, 11) is 0. The number of hydrogen-bond donors (Lipinski definition) is 2. The van der Waals surface area contributed by atoms with Gasteiger partial charge in [-0.3, -0.25) is 0 Å². The van der Waals surface area contributed by atoms with Crippen LogP contribution in [0.25, 0.3) is 0 Å². The van der Waals surface area contributed by atoms with Gasteiger partial charge in [-0.1, -0.05) is 17.7 Å². The highest BCUT2D eigenvalue weighted by atomic mass is 35.5. The first-order chi connectivity index (χ1) is 7.16. The van der Waals surface area contributed by atoms with Crippen molar-refractivity contribution in [3.05, 3.63) is 28.8 Å². The number of benzene rings is 1. The molecule has 1 aliphatic rings. The van der Waals surface area contributed by atoms with Gasteiger partial charge in [0.1, 0.15) is 18.0 Å². The van der Waals surface area contributed by atoms with Crippen LogP contribution in [0.4, 0.5) is 0 Å². The van der Waals surface area contributed by atoms with E-state index in [4.69, 9.17) is 16.3 Å². The molecule has 2 rings (SSSR count). The number of nitrogens with one attached hydrogen (secondary N) is 1. The van der Waals surface area contributed by atoms with Crippen LogP contribution in [-0.2, 0) is 0 Å². The lowest BCUT2D eigenvalue weighted by atomic mass is 10.2. The highest BCUT2D eigenvalue weighted by Crippen LogP contribution is 2.27. The summed E-state index contributed by atoms with van der Waals surface area (Å²) in [5.41, 5.74) is 1.09. The average Bonchev–Trinajstić information content (AvgIpc) is 2.57. The van der Waals surface area contributed by atoms with Gasteiger partial charge in [0.25, 0.3) is 0 Å². The Hall–Kier alpha value is -0.770. The lowest BCUT2D eigenvalue weighted by molar-refractivity contribution is 0.0738. The van der Waals surface area contributed by atoms with Gasteiger partial charge in [-0.2, -0.15) is 0 Å². The maximum Gasteiger partial charge on any atom is 0.138 e. The summed E-state index contributed by atoms with van der Waals surface area (Å²) in [4.78, 5) is 0. The molecule has 2 unspecified atom stereocenters. The monoisotopic (exact) mass is 227 g/mol. The quantitative estimate of drug-likeness (QED) is 0.802. The normalized spacial score (nSPS) is 25.5. The maximum atomic E-state index is 9.57. The summed E-state index contributed by atoms with van der Waals surface area (Å²) in [6, 6.07) is 5.63. The Labute approximate surface area is 94.0 Å². The van der Waals surface area contributed by atoms with E-state index in [1.807, 2.05) is 25.1 Å². The van der Waals surface area contributed by atoms with Crippen molar-refractivity contribution in [3.63, 3.8) is 0 Å². The van der Waals surface area contributed by atoms with Crippen molar-refractivity contribution in [1.82, 2.24) is 5.32 Å². The molecule has 3 nitrogen and oxygen atoms in total. The van der Waals surface area contributed by atoms with Crippen molar-refractivity contribution in [2.24, 2.45) is 0 Å². The summed E-state index contributed by atoms with van der Waals surface area (Å²) in [6.45, 7) is 3.21. The number of hydrogen-bond acceptors (Lipinski definition) is 3. The highest BCUT2D eigenvalue weighted by molar-refractivity contribution is 6.32. The van der Waals surface area contributed by atoms with Crippen LogP contribution < -0.4 is 10.1 Å². The van der Waals surface area contributed by atoms with E-state index in [-0.39, 0.29) is 6.10 Å². The smallest absolute Gasteiger partial charge is 0.138 e. The fraction of sp³-hybridized carbons (Fsp3) is 0.455. The molecule has 1 saturated heterocycles. The van der Waals surface area contributed by atoms with Crippen LogP contribution in [0.1, 0.15) is 5.56 Å². The molecule has 0 aromatic heterocycles. The van der Waals surface area contributed by atoms with Crippen LogP contribution in [0, 0.1) is 6.92 Å². The van der Waals surface area contributed by atoms with Gasteiger partial charge >= 0.3 is 0 Å². The second kappa shape index (κ2) is 4.39. The Morgan fingerprint density at radius 2 is 2.27 bits per heavy atom. The van der Waals surface area contributed by atoms with Gasteiger partial charge in [-0.05, 0) is 24.6 Å². The zero-order chi connectivity index (χ0) is 10.8. The summed E-state index contributed by atoms with van der Waals surface area (Å²) in [5.74, 6) is 0.634. The first-order valence-corrected chi connectivity index (χ1v) is 5.36. The summed E-state index contributed by atoms with van der Waals surface area (Å²) in [5, 5.41) is 13.2. The minimum atomic E-state index is -0.456. The number of rotatable bonds is 2. The molecule has 1 aromatic carbocycles. The molecule has 15 heavy (non-hydrogen) atoms. The van der Waals surface area contributed by atoms with Crippen molar-refractivity contribution in [3.8, 4) is 5.75 Å². The number of aliphatic hydroxyl groups is 1. The SMILES string of the molecule is Cc1ccc(OC2CNCC2O)c(Cl)c1. The van der Waals surface area contributed by atoms with Crippen molar-refractivity contribution in [2.75, 3.05) is 13.1 Å². The summed E-state index contributed by atoms with van der Waals surface area (Å²) < 4.78 is 5.63. The van der Waals surface area contributed by atoms with Crippen molar-refractivity contribution >= 4 is 11.6 Å². The lowest BCUT2D eigenvalue weighted by Crippen LogP contribution is -2.29. The van der Waals surface area contributed by atoms with Gasteiger partial charge in [0.15, 0.2) is 0 Å². The molecule has 0 bridgehead atoms. The van der Waals surface area contributed by atoms with E-state index >= 15 is 0 Å². The predicted octanol–water partition coefficient (Wildman–Crippen LogP) is 1.36. The number of aryl methyl sites for hydroxylation is 1. The molecule has 0 spiro atoms. The van der Waals surface area contributed by atoms with Gasteiger partial charge in [-0.25, -0.2) is 0 Å². The standard InChI is InChI=1S/C11H14ClNO2/c1-7-2-3-10(8(12)4-7)15-11-6-13-5-9(11)14/h2-4,9,11,13-14H,5-6H2,1H3. The van der Waals surface area contributed by atoms with Gasteiger partial charge in [0, 0.05) is 13.1 Å². The Bertz CT molecular complexity index is 356. The molecule has 1 aromatic rings. The first kappa shape index (κ1) is 10.7. The first-order valence-electron chi connectivity index (χ1n) is 4.98. The molecular formula is C11H14ClNO2. The van der Waals surface area contributed by atoms with Crippen LogP contribution in [0.15, 0.2) is 18.2 Å². The molecule has 0 amide bonds. The van der Waals surface area contributed by atoms with E-state index in [9.17, 15) is 5.11 Å². The third-order valence-electron chi connectivity index (χ3n) is 2.49. The Balaban J connectivity index is 2.10. The number of halogens is 1. The lowest BCUT2D eigenvalue weighted by Gasteiger charge is -2.17. The second-order valence-corrected chi connectivity index (χ2v) is 4.22. The second-order valence-electron chi connectivity index (χ2n) is 3.82. The number of β-amino-alcohol motifs (C(OH)–C–C–N with tert-alkyl or cyclic N) is 1. The van der Waals surface area contributed by atoms with Crippen molar-refractivity contribution in [2.45, 2.75) is 19.1 Å². The van der Waals surface area contributed by atoms with Crippen molar-refractivity contribution < 1.29 is 9.84 Å². The van der Waals surface area contributed by atoms with Crippen LogP contribution in [0.2, 0.25) is 5.02 Å². The van der Waals surface area contributed by atoms with E-state index < -0.39 is 6.10 Å². The average molecular weight is 228 g/mol. The van der Waals surface area contributed by atoms with Gasteiger partial charge < -0.3 is 15.2 Å². The largest absolute Gasteiger partial charge is 0.485 e. The van der Waals surface area contributed by atoms with E-state index in [1.165, 1.54) is 0 Å². The number of ether oxygens (including phenoxy) is 1. The summed E-state index contributed by atoms with van der Waals surface area (Å²) in [6.07, 6.45) is -0.660. The van der Waals surface area contributed by atoms with Crippen LogP contribution >= 0.6 is 11.6 Å². The molecule has 4 heteroatoms. The highest BCUT2D eigenvalue weighted by Gasteiger charge is 2.27. The summed E-state index contributed by atoms with van der Waals surface area (Å²) >= 11 is 6.03. The maximum absolute atomic E-state index is 9.57. The Morgan fingerprint density at radius 1 is 1.47 bits per heavy atom. The predicted molar refractivity (Wildman–Crippen MR) is 59.5 cm³/mol. The molecule has 82 valence electrons. The molecule has 1 fully saturated rings. The molecule has 0 aliphatic carbocycles. The minimum Gasteiger partial charge on any atom is -0.485 e. The van der Waals surface area contributed by atoms with Crippen LogP contribution in [0.5, 0.6) is 5.75 Å². The van der Waals surface area contributed by atoms with Crippen LogP contribution in [-0.4, -0.2) is 30.4 Å². The zero-order valence-corrected chi connectivity index (χ0v) is 9.29. The molecule has 0 radical (unpaired) electrons. The van der Waals surface area contributed by atoms with E-state index in [0.717, 1.165) is 5.56 Å².